The minimum atomic E-state index is -0.745. The Morgan fingerprint density at radius 2 is 2.33 bits per heavy atom. The van der Waals surface area contributed by atoms with Gasteiger partial charge < -0.3 is 9.84 Å². The fourth-order valence-corrected chi connectivity index (χ4v) is 2.56. The van der Waals surface area contributed by atoms with E-state index < -0.39 is 5.79 Å². The summed E-state index contributed by atoms with van der Waals surface area (Å²) in [5, 5.41) is 10.1. The molecule has 2 aliphatic rings. The third kappa shape index (κ3) is 1.40. The number of hydrogen-bond donors (Lipinski definition) is 1. The zero-order valence-electron chi connectivity index (χ0n) is 7.75. The Morgan fingerprint density at radius 3 is 3.17 bits per heavy atom. The van der Waals surface area contributed by atoms with Gasteiger partial charge in [0.2, 0.25) is 0 Å². The maximum atomic E-state index is 10.1. The van der Waals surface area contributed by atoms with Gasteiger partial charge in [-0.25, -0.2) is 0 Å². The molecule has 2 rings (SSSR count). The van der Waals surface area contributed by atoms with Crippen LogP contribution < -0.4 is 0 Å². The molecule has 0 spiro atoms. The predicted octanol–water partition coefficient (Wildman–Crippen LogP) is 1.31. The van der Waals surface area contributed by atoms with E-state index in [1.807, 2.05) is 0 Å². The van der Waals surface area contributed by atoms with E-state index in [2.05, 4.69) is 6.92 Å². The minimum absolute atomic E-state index is 0.412. The van der Waals surface area contributed by atoms with Gasteiger partial charge in [0.25, 0.3) is 0 Å². The highest BCUT2D eigenvalue weighted by Crippen LogP contribution is 2.44. The van der Waals surface area contributed by atoms with E-state index in [0.717, 1.165) is 45.4 Å². The summed E-state index contributed by atoms with van der Waals surface area (Å²) in [4.78, 5) is 0. The SMILES string of the molecule is CC1BC2CCCC2(O)OCC1. The van der Waals surface area contributed by atoms with Gasteiger partial charge in [-0.1, -0.05) is 19.2 Å². The Bertz CT molecular complexity index is 174. The number of hydrogen-bond acceptors (Lipinski definition) is 2. The van der Waals surface area contributed by atoms with Crippen molar-refractivity contribution in [1.82, 2.24) is 0 Å². The van der Waals surface area contributed by atoms with Crippen molar-refractivity contribution in [2.45, 2.75) is 50.0 Å². The van der Waals surface area contributed by atoms with E-state index in [1.165, 1.54) is 0 Å². The average molecular weight is 168 g/mol. The molecule has 0 radical (unpaired) electrons. The maximum absolute atomic E-state index is 10.1. The number of ether oxygens (including phenoxy) is 1. The van der Waals surface area contributed by atoms with E-state index in [1.54, 1.807) is 0 Å². The fourth-order valence-electron chi connectivity index (χ4n) is 2.56. The van der Waals surface area contributed by atoms with Gasteiger partial charge in [-0.3, -0.25) is 0 Å². The van der Waals surface area contributed by atoms with Crippen LogP contribution in [0.5, 0.6) is 0 Å². The predicted molar refractivity (Wildman–Crippen MR) is 49.7 cm³/mol. The standard InChI is InChI=1S/C9H17BO2/c1-7-4-6-12-9(11)5-2-3-8(9)10-7/h7-8,10-11H,2-6H2,1H3. The van der Waals surface area contributed by atoms with Crippen molar-refractivity contribution >= 4 is 7.28 Å². The van der Waals surface area contributed by atoms with Crippen molar-refractivity contribution in [3.63, 3.8) is 0 Å². The Kier molecular flexibility index (Phi) is 2.17. The third-order valence-electron chi connectivity index (χ3n) is 3.38. The fraction of sp³-hybridized carbons (Fsp3) is 1.00. The molecule has 2 fully saturated rings. The summed E-state index contributed by atoms with van der Waals surface area (Å²) in [6.45, 7) is 3.00. The van der Waals surface area contributed by atoms with Crippen LogP contribution in [0.25, 0.3) is 0 Å². The Balaban J connectivity index is 2.10. The highest BCUT2D eigenvalue weighted by molar-refractivity contribution is 6.40. The third-order valence-corrected chi connectivity index (χ3v) is 3.38. The molecule has 1 aliphatic heterocycles. The van der Waals surface area contributed by atoms with Crippen LogP contribution in [0.15, 0.2) is 0 Å². The van der Waals surface area contributed by atoms with Crippen molar-refractivity contribution in [1.29, 1.82) is 0 Å². The zero-order chi connectivity index (χ0) is 8.60. The van der Waals surface area contributed by atoms with Gasteiger partial charge >= 0.3 is 0 Å². The van der Waals surface area contributed by atoms with E-state index >= 15 is 0 Å². The highest BCUT2D eigenvalue weighted by Gasteiger charge is 2.44. The molecule has 68 valence electrons. The van der Waals surface area contributed by atoms with E-state index in [9.17, 15) is 5.11 Å². The summed E-state index contributed by atoms with van der Waals surface area (Å²) >= 11 is 0. The van der Waals surface area contributed by atoms with Gasteiger partial charge in [-0.2, -0.15) is 0 Å². The Labute approximate surface area is 74.5 Å². The van der Waals surface area contributed by atoms with Gasteiger partial charge in [0.1, 0.15) is 7.28 Å². The summed E-state index contributed by atoms with van der Waals surface area (Å²) in [6, 6.07) is 0. The highest BCUT2D eigenvalue weighted by atomic mass is 16.6. The van der Waals surface area contributed by atoms with Gasteiger partial charge in [-0.15, -0.1) is 0 Å². The first-order valence-corrected chi connectivity index (χ1v) is 5.07. The molecule has 0 aromatic rings. The molecule has 0 aromatic heterocycles. The van der Waals surface area contributed by atoms with Crippen molar-refractivity contribution in [2.75, 3.05) is 6.61 Å². The second kappa shape index (κ2) is 3.04. The molecule has 1 aliphatic carbocycles. The van der Waals surface area contributed by atoms with Crippen molar-refractivity contribution < 1.29 is 9.84 Å². The molecule has 1 saturated carbocycles. The van der Waals surface area contributed by atoms with Crippen LogP contribution in [0, 0.1) is 0 Å². The Hall–Kier alpha value is -0.0151. The molecule has 1 saturated heterocycles. The zero-order valence-corrected chi connectivity index (χ0v) is 7.75. The van der Waals surface area contributed by atoms with E-state index in [0.29, 0.717) is 5.82 Å². The van der Waals surface area contributed by atoms with Gasteiger partial charge in [0, 0.05) is 13.0 Å². The van der Waals surface area contributed by atoms with Crippen LogP contribution in [0.1, 0.15) is 32.6 Å². The molecule has 1 heterocycles. The monoisotopic (exact) mass is 168 g/mol. The van der Waals surface area contributed by atoms with Crippen LogP contribution in [0.2, 0.25) is 11.6 Å². The molecule has 0 bridgehead atoms. The Morgan fingerprint density at radius 1 is 1.50 bits per heavy atom. The average Bonchev–Trinajstić information content (AvgIpc) is 2.27. The normalized spacial score (nSPS) is 47.8. The lowest BCUT2D eigenvalue weighted by molar-refractivity contribution is -0.194. The quantitative estimate of drug-likeness (QED) is 0.552. The topological polar surface area (TPSA) is 29.5 Å². The first-order chi connectivity index (χ1) is 5.71. The summed E-state index contributed by atoms with van der Waals surface area (Å²) in [5.74, 6) is 0.391. The summed E-state index contributed by atoms with van der Waals surface area (Å²) in [7, 11) is 1.15. The molecule has 0 amide bonds. The second-order valence-electron chi connectivity index (χ2n) is 4.41. The van der Waals surface area contributed by atoms with Crippen LogP contribution in [-0.2, 0) is 4.74 Å². The first kappa shape index (κ1) is 8.58. The molecule has 3 atom stereocenters. The van der Waals surface area contributed by atoms with Gasteiger partial charge in [0.05, 0.1) is 0 Å². The summed E-state index contributed by atoms with van der Waals surface area (Å²) < 4.78 is 5.54. The molecular formula is C9H17BO2. The lowest BCUT2D eigenvalue weighted by Crippen LogP contribution is -2.34. The molecule has 3 unspecified atom stereocenters. The first-order valence-electron chi connectivity index (χ1n) is 5.07. The molecule has 12 heavy (non-hydrogen) atoms. The van der Waals surface area contributed by atoms with Crippen molar-refractivity contribution in [3.05, 3.63) is 0 Å². The van der Waals surface area contributed by atoms with Gasteiger partial charge in [0.15, 0.2) is 5.79 Å². The molecular weight excluding hydrogens is 151 g/mol. The number of aliphatic hydroxyl groups is 1. The van der Waals surface area contributed by atoms with Crippen LogP contribution >= 0.6 is 0 Å². The molecule has 1 N–H and O–H groups in total. The van der Waals surface area contributed by atoms with Gasteiger partial charge in [-0.05, 0) is 18.7 Å². The lowest BCUT2D eigenvalue weighted by Gasteiger charge is -2.27. The smallest absolute Gasteiger partial charge is 0.161 e. The largest absolute Gasteiger partial charge is 0.366 e. The second-order valence-corrected chi connectivity index (χ2v) is 4.41. The summed E-state index contributed by atoms with van der Waals surface area (Å²) in [5.41, 5.74) is 0. The van der Waals surface area contributed by atoms with Crippen molar-refractivity contribution in [3.8, 4) is 0 Å². The number of fused-ring (bicyclic) bond motifs is 1. The lowest BCUT2D eigenvalue weighted by atomic mass is 9.53. The molecule has 0 aromatic carbocycles. The van der Waals surface area contributed by atoms with Crippen LogP contribution in [-0.4, -0.2) is 24.8 Å². The van der Waals surface area contributed by atoms with Crippen molar-refractivity contribution in [2.24, 2.45) is 0 Å². The van der Waals surface area contributed by atoms with Crippen LogP contribution in [0.3, 0.4) is 0 Å². The molecule has 2 nitrogen and oxygen atoms in total. The number of rotatable bonds is 0. The summed E-state index contributed by atoms with van der Waals surface area (Å²) in [6.07, 6.45) is 4.25. The minimum Gasteiger partial charge on any atom is -0.366 e. The molecule has 3 heteroatoms. The van der Waals surface area contributed by atoms with E-state index in [4.69, 9.17) is 4.74 Å². The maximum Gasteiger partial charge on any atom is 0.161 e. The van der Waals surface area contributed by atoms with E-state index in [-0.39, 0.29) is 0 Å². The van der Waals surface area contributed by atoms with Crippen LogP contribution in [0.4, 0.5) is 0 Å².